The molecule has 3 aromatic carbocycles. The first-order valence-electron chi connectivity index (χ1n) is 11.7. The van der Waals surface area contributed by atoms with Gasteiger partial charge in [0.1, 0.15) is 11.5 Å². The van der Waals surface area contributed by atoms with E-state index in [2.05, 4.69) is 5.32 Å². The van der Waals surface area contributed by atoms with Crippen molar-refractivity contribution in [1.29, 1.82) is 0 Å². The van der Waals surface area contributed by atoms with Gasteiger partial charge in [-0.15, -0.1) is 0 Å². The first-order valence-corrected chi connectivity index (χ1v) is 13.1. The highest BCUT2D eigenvalue weighted by atomic mass is 32.2. The fourth-order valence-corrected chi connectivity index (χ4v) is 5.07. The first-order chi connectivity index (χ1) is 18.0. The zero-order chi connectivity index (χ0) is 27.6. The number of rotatable bonds is 8. The van der Waals surface area contributed by atoms with E-state index in [1.165, 1.54) is 49.1 Å². The maximum atomic E-state index is 14.5. The number of hydrogen-bond donors (Lipinski definition) is 1. The Hall–Kier alpha value is -4.22. The van der Waals surface area contributed by atoms with Gasteiger partial charge in [0.15, 0.2) is 0 Å². The molecule has 0 aliphatic carbocycles. The number of nitrogens with one attached hydrogen (secondary N) is 1. The molecule has 38 heavy (non-hydrogen) atoms. The molecule has 0 bridgehead atoms. The lowest BCUT2D eigenvalue weighted by molar-refractivity contribution is 0.102. The van der Waals surface area contributed by atoms with Crippen molar-refractivity contribution in [2.24, 2.45) is 7.05 Å². The molecule has 1 N–H and O–H groups in total. The molecule has 0 aliphatic heterocycles. The van der Waals surface area contributed by atoms with Crippen molar-refractivity contribution in [1.82, 2.24) is 13.7 Å². The SMILES string of the molecule is Cc1c(NC(=O)c2ccc(CN(c3ccccc3F)S(=O)(=O)N(C)C)cc2)c(=O)n(-c2ccccc2)n1C. The molecule has 9 nitrogen and oxygen atoms in total. The molecule has 0 aliphatic rings. The smallest absolute Gasteiger partial charge is 0.303 e. The predicted octanol–water partition coefficient (Wildman–Crippen LogP) is 3.69. The molecule has 11 heteroatoms. The van der Waals surface area contributed by atoms with Crippen LogP contribution in [0.2, 0.25) is 0 Å². The molecular formula is C27H28FN5O4S. The van der Waals surface area contributed by atoms with Crippen molar-refractivity contribution in [2.45, 2.75) is 13.5 Å². The maximum Gasteiger partial charge on any atom is 0.303 e. The van der Waals surface area contributed by atoms with Crippen LogP contribution in [-0.4, -0.2) is 42.1 Å². The van der Waals surface area contributed by atoms with Crippen molar-refractivity contribution in [3.8, 4) is 5.69 Å². The summed E-state index contributed by atoms with van der Waals surface area (Å²) in [6.45, 7) is 1.59. The Morgan fingerprint density at radius 3 is 2.16 bits per heavy atom. The Bertz CT molecular complexity index is 1630. The number of hydrogen-bond acceptors (Lipinski definition) is 4. The highest BCUT2D eigenvalue weighted by Gasteiger charge is 2.27. The maximum absolute atomic E-state index is 14.5. The van der Waals surface area contributed by atoms with Gasteiger partial charge in [-0.3, -0.25) is 18.6 Å². The summed E-state index contributed by atoms with van der Waals surface area (Å²) < 4.78 is 45.5. The van der Waals surface area contributed by atoms with Crippen molar-refractivity contribution in [2.75, 3.05) is 23.7 Å². The highest BCUT2D eigenvalue weighted by Crippen LogP contribution is 2.25. The van der Waals surface area contributed by atoms with E-state index in [-0.39, 0.29) is 29.0 Å². The average molecular weight is 538 g/mol. The Morgan fingerprint density at radius 2 is 1.55 bits per heavy atom. The summed E-state index contributed by atoms with van der Waals surface area (Å²) >= 11 is 0. The minimum Gasteiger partial charge on any atom is -0.316 e. The van der Waals surface area contributed by atoms with Crippen LogP contribution in [-0.2, 0) is 23.8 Å². The fourth-order valence-electron chi connectivity index (χ4n) is 3.97. The number of anilines is 2. The molecule has 198 valence electrons. The quantitative estimate of drug-likeness (QED) is 0.371. The molecule has 4 aromatic rings. The van der Waals surface area contributed by atoms with Gasteiger partial charge in [0.25, 0.3) is 11.5 Å². The van der Waals surface area contributed by atoms with Crippen molar-refractivity contribution in [3.63, 3.8) is 0 Å². The zero-order valence-corrected chi connectivity index (χ0v) is 22.2. The fraction of sp³-hybridized carbons (Fsp3) is 0.185. The number of carbonyl (C=O) groups is 1. The second-order valence-electron chi connectivity index (χ2n) is 8.84. The molecule has 0 saturated heterocycles. The summed E-state index contributed by atoms with van der Waals surface area (Å²) in [5.74, 6) is -1.16. The Morgan fingerprint density at radius 1 is 0.947 bits per heavy atom. The molecule has 1 amide bonds. The summed E-state index contributed by atoms with van der Waals surface area (Å²) in [4.78, 5) is 26.1. The zero-order valence-electron chi connectivity index (χ0n) is 21.4. The van der Waals surface area contributed by atoms with Gasteiger partial charge < -0.3 is 5.32 Å². The van der Waals surface area contributed by atoms with Crippen LogP contribution in [0.5, 0.6) is 0 Å². The third-order valence-corrected chi connectivity index (χ3v) is 8.00. The van der Waals surface area contributed by atoms with E-state index in [0.29, 0.717) is 16.9 Å². The summed E-state index contributed by atoms with van der Waals surface area (Å²) in [5, 5.41) is 2.70. The van der Waals surface area contributed by atoms with Gasteiger partial charge in [-0.25, -0.2) is 9.07 Å². The monoisotopic (exact) mass is 537 g/mol. The second kappa shape index (κ2) is 10.6. The Labute approximate surface area is 220 Å². The molecule has 0 spiro atoms. The van der Waals surface area contributed by atoms with Gasteiger partial charge in [-0.05, 0) is 48.9 Å². The van der Waals surface area contributed by atoms with Gasteiger partial charge in [-0.1, -0.05) is 42.5 Å². The number of amides is 1. The summed E-state index contributed by atoms with van der Waals surface area (Å²) in [6.07, 6.45) is 0. The van der Waals surface area contributed by atoms with Crippen molar-refractivity contribution < 1.29 is 17.6 Å². The molecule has 0 fully saturated rings. The summed E-state index contributed by atoms with van der Waals surface area (Å²) in [7, 11) is 0.465. The number of halogens is 1. The van der Waals surface area contributed by atoms with E-state index in [0.717, 1.165) is 8.61 Å². The molecule has 4 rings (SSSR count). The van der Waals surface area contributed by atoms with Gasteiger partial charge >= 0.3 is 10.2 Å². The topological polar surface area (TPSA) is 96.7 Å². The summed E-state index contributed by atoms with van der Waals surface area (Å²) in [5.41, 5.74) is 1.77. The van der Waals surface area contributed by atoms with E-state index < -0.39 is 21.9 Å². The lowest BCUT2D eigenvalue weighted by Crippen LogP contribution is -2.40. The predicted molar refractivity (Wildman–Crippen MR) is 145 cm³/mol. The largest absolute Gasteiger partial charge is 0.316 e. The van der Waals surface area contributed by atoms with Crippen molar-refractivity contribution >= 4 is 27.5 Å². The van der Waals surface area contributed by atoms with Crippen LogP contribution >= 0.6 is 0 Å². The number of aromatic nitrogens is 2. The lowest BCUT2D eigenvalue weighted by atomic mass is 10.1. The number of carbonyl (C=O) groups excluding carboxylic acids is 1. The molecule has 0 radical (unpaired) electrons. The van der Waals surface area contributed by atoms with Gasteiger partial charge in [0.05, 0.1) is 23.6 Å². The highest BCUT2D eigenvalue weighted by molar-refractivity contribution is 7.90. The third kappa shape index (κ3) is 5.11. The Kier molecular flexibility index (Phi) is 7.51. The van der Waals surface area contributed by atoms with Gasteiger partial charge in [-0.2, -0.15) is 12.7 Å². The van der Waals surface area contributed by atoms with Crippen LogP contribution in [0, 0.1) is 12.7 Å². The van der Waals surface area contributed by atoms with E-state index in [1.807, 2.05) is 18.2 Å². The van der Waals surface area contributed by atoms with Gasteiger partial charge in [0.2, 0.25) is 0 Å². The minimum absolute atomic E-state index is 0.0859. The molecule has 1 heterocycles. The number of nitrogens with zero attached hydrogens (tertiary/aromatic N) is 4. The summed E-state index contributed by atoms with van der Waals surface area (Å²) in [6, 6.07) is 20.9. The van der Waals surface area contributed by atoms with Crippen LogP contribution < -0.4 is 15.2 Å². The third-order valence-electron chi connectivity index (χ3n) is 6.20. The molecule has 0 saturated carbocycles. The van der Waals surface area contributed by atoms with Crippen LogP contribution in [0.3, 0.4) is 0 Å². The van der Waals surface area contributed by atoms with Gasteiger partial charge in [0, 0.05) is 26.7 Å². The average Bonchev–Trinajstić information content (AvgIpc) is 3.11. The molecule has 0 atom stereocenters. The van der Waals surface area contributed by atoms with E-state index in [9.17, 15) is 22.4 Å². The van der Waals surface area contributed by atoms with Crippen LogP contribution in [0.4, 0.5) is 15.8 Å². The van der Waals surface area contributed by atoms with E-state index in [1.54, 1.807) is 49.0 Å². The second-order valence-corrected chi connectivity index (χ2v) is 10.9. The lowest BCUT2D eigenvalue weighted by Gasteiger charge is -2.27. The van der Waals surface area contributed by atoms with Crippen LogP contribution in [0.25, 0.3) is 5.69 Å². The molecular weight excluding hydrogens is 509 g/mol. The van der Waals surface area contributed by atoms with E-state index >= 15 is 0 Å². The van der Waals surface area contributed by atoms with Crippen molar-refractivity contribution in [3.05, 3.63) is 112 Å². The minimum atomic E-state index is -4.01. The van der Waals surface area contributed by atoms with Crippen LogP contribution in [0.1, 0.15) is 21.6 Å². The first kappa shape index (κ1) is 26.8. The normalized spacial score (nSPS) is 11.5. The molecule has 0 unspecified atom stereocenters. The van der Waals surface area contributed by atoms with E-state index in [4.69, 9.17) is 0 Å². The van der Waals surface area contributed by atoms with Crippen LogP contribution in [0.15, 0.2) is 83.7 Å². The number of benzene rings is 3. The standard InChI is InChI=1S/C27H28FN5O4S/c1-19-25(27(35)33(31(19)4)22-10-6-5-7-11-22)29-26(34)21-16-14-20(15-17-21)18-32(38(36,37)30(2)3)24-13-9-8-12-23(24)28/h5-17H,18H2,1-4H3,(H,29,34). The number of para-hydroxylation sites is 2. The Balaban J connectivity index is 1.58. The molecule has 1 aromatic heterocycles.